The van der Waals surface area contributed by atoms with Gasteiger partial charge < -0.3 is 4.90 Å². The van der Waals surface area contributed by atoms with Gasteiger partial charge in [-0.2, -0.15) is 0 Å². The SMILES string of the molecule is Cc1cc(C(C)(C)C)cc(N2CCCC2)c1C(C)(C)C. The van der Waals surface area contributed by atoms with Gasteiger partial charge in [0.2, 0.25) is 0 Å². The molecule has 0 aromatic heterocycles. The third-order valence-corrected chi connectivity index (χ3v) is 4.38. The molecule has 1 heterocycles. The van der Waals surface area contributed by atoms with Crippen molar-refractivity contribution in [3.8, 4) is 0 Å². The zero-order valence-electron chi connectivity index (χ0n) is 14.4. The second kappa shape index (κ2) is 5.09. The van der Waals surface area contributed by atoms with Gasteiger partial charge in [-0.25, -0.2) is 0 Å². The molecule has 1 aliphatic rings. The Morgan fingerprint density at radius 2 is 1.40 bits per heavy atom. The van der Waals surface area contributed by atoms with Gasteiger partial charge in [0.05, 0.1) is 0 Å². The molecule has 0 saturated carbocycles. The Bertz CT molecular complexity index is 480. The fourth-order valence-corrected chi connectivity index (χ4v) is 3.38. The lowest BCUT2D eigenvalue weighted by molar-refractivity contribution is 0.572. The highest BCUT2D eigenvalue weighted by Crippen LogP contribution is 2.39. The molecule has 1 fully saturated rings. The molecule has 0 amide bonds. The van der Waals surface area contributed by atoms with E-state index in [9.17, 15) is 0 Å². The summed E-state index contributed by atoms with van der Waals surface area (Å²) in [5.74, 6) is 0. The predicted octanol–water partition coefficient (Wildman–Crippen LogP) is 5.19. The fourth-order valence-electron chi connectivity index (χ4n) is 3.38. The summed E-state index contributed by atoms with van der Waals surface area (Å²) in [6.07, 6.45) is 2.67. The minimum atomic E-state index is 0.207. The first-order chi connectivity index (χ1) is 9.10. The lowest BCUT2D eigenvalue weighted by atomic mass is 9.78. The van der Waals surface area contributed by atoms with Crippen LogP contribution in [-0.2, 0) is 10.8 Å². The molecule has 0 spiro atoms. The molecule has 1 nitrogen and oxygen atoms in total. The van der Waals surface area contributed by atoms with Crippen molar-refractivity contribution in [2.45, 2.75) is 72.1 Å². The molecular formula is C19H31N. The molecule has 0 aliphatic carbocycles. The van der Waals surface area contributed by atoms with E-state index in [2.05, 4.69) is 65.5 Å². The van der Waals surface area contributed by atoms with Crippen LogP contribution in [-0.4, -0.2) is 13.1 Å². The first kappa shape index (κ1) is 15.4. The summed E-state index contributed by atoms with van der Waals surface area (Å²) < 4.78 is 0. The van der Waals surface area contributed by atoms with Crippen LogP contribution >= 0.6 is 0 Å². The van der Waals surface area contributed by atoms with Crippen LogP contribution in [0.25, 0.3) is 0 Å². The van der Waals surface area contributed by atoms with Crippen LogP contribution in [0.4, 0.5) is 5.69 Å². The van der Waals surface area contributed by atoms with Gasteiger partial charge in [0, 0.05) is 18.8 Å². The van der Waals surface area contributed by atoms with Crippen molar-refractivity contribution < 1.29 is 0 Å². The van der Waals surface area contributed by atoms with E-state index in [-0.39, 0.29) is 10.8 Å². The number of aryl methyl sites for hydroxylation is 1. The number of hydrogen-bond donors (Lipinski definition) is 0. The molecule has 1 aromatic carbocycles. The first-order valence-electron chi connectivity index (χ1n) is 8.01. The molecule has 1 heteroatoms. The van der Waals surface area contributed by atoms with Crippen LogP contribution in [0.3, 0.4) is 0 Å². The molecule has 1 aliphatic heterocycles. The standard InChI is InChI=1S/C19H31N/c1-14-12-15(18(2,3)4)13-16(17(14)19(5,6)7)20-10-8-9-11-20/h12-13H,8-11H2,1-7H3. The Labute approximate surface area is 125 Å². The average molecular weight is 273 g/mol. The number of nitrogens with zero attached hydrogens (tertiary/aromatic N) is 1. The molecule has 0 bridgehead atoms. The quantitative estimate of drug-likeness (QED) is 0.680. The van der Waals surface area contributed by atoms with E-state index in [0.29, 0.717) is 0 Å². The van der Waals surface area contributed by atoms with Gasteiger partial charge in [-0.15, -0.1) is 0 Å². The fraction of sp³-hybridized carbons (Fsp3) is 0.684. The van der Waals surface area contributed by atoms with Crippen LogP contribution in [0.1, 0.15) is 71.1 Å². The number of anilines is 1. The van der Waals surface area contributed by atoms with E-state index in [1.165, 1.54) is 48.3 Å². The number of hydrogen-bond acceptors (Lipinski definition) is 1. The van der Waals surface area contributed by atoms with Crippen LogP contribution in [0.5, 0.6) is 0 Å². The third kappa shape index (κ3) is 3.02. The lowest BCUT2D eigenvalue weighted by Crippen LogP contribution is -2.26. The highest BCUT2D eigenvalue weighted by molar-refractivity contribution is 5.62. The summed E-state index contributed by atoms with van der Waals surface area (Å²) in [6.45, 7) is 18.7. The van der Waals surface area contributed by atoms with Crippen molar-refractivity contribution in [2.24, 2.45) is 0 Å². The van der Waals surface area contributed by atoms with Gasteiger partial charge in [0.15, 0.2) is 0 Å². The molecule has 20 heavy (non-hydrogen) atoms. The first-order valence-corrected chi connectivity index (χ1v) is 8.01. The Morgan fingerprint density at radius 3 is 1.85 bits per heavy atom. The second-order valence-electron chi connectivity index (χ2n) is 8.38. The van der Waals surface area contributed by atoms with Crippen molar-refractivity contribution >= 4 is 5.69 Å². The highest BCUT2D eigenvalue weighted by Gasteiger charge is 2.27. The molecule has 0 atom stereocenters. The van der Waals surface area contributed by atoms with Crippen molar-refractivity contribution in [1.82, 2.24) is 0 Å². The van der Waals surface area contributed by atoms with Crippen molar-refractivity contribution in [2.75, 3.05) is 18.0 Å². The monoisotopic (exact) mass is 273 g/mol. The highest BCUT2D eigenvalue weighted by atomic mass is 15.1. The lowest BCUT2D eigenvalue weighted by Gasteiger charge is -2.33. The Morgan fingerprint density at radius 1 is 0.850 bits per heavy atom. The van der Waals surface area contributed by atoms with Gasteiger partial charge in [-0.1, -0.05) is 47.6 Å². The normalized spacial score (nSPS) is 16.9. The van der Waals surface area contributed by atoms with Gasteiger partial charge in [0.1, 0.15) is 0 Å². The van der Waals surface area contributed by atoms with Gasteiger partial charge in [-0.05, 0) is 53.4 Å². The summed E-state index contributed by atoms with van der Waals surface area (Å²) >= 11 is 0. The van der Waals surface area contributed by atoms with Crippen LogP contribution < -0.4 is 4.90 Å². The van der Waals surface area contributed by atoms with Gasteiger partial charge in [0.25, 0.3) is 0 Å². The maximum atomic E-state index is 2.60. The predicted molar refractivity (Wildman–Crippen MR) is 90.0 cm³/mol. The van der Waals surface area contributed by atoms with E-state index in [0.717, 1.165) is 0 Å². The molecule has 0 N–H and O–H groups in total. The number of rotatable bonds is 1. The summed E-state index contributed by atoms with van der Waals surface area (Å²) in [5.41, 5.74) is 6.36. The zero-order chi connectivity index (χ0) is 15.1. The van der Waals surface area contributed by atoms with Crippen LogP contribution in [0.15, 0.2) is 12.1 Å². The topological polar surface area (TPSA) is 3.24 Å². The molecule has 1 aromatic rings. The van der Waals surface area contributed by atoms with Gasteiger partial charge in [-0.3, -0.25) is 0 Å². The minimum Gasteiger partial charge on any atom is -0.371 e. The van der Waals surface area contributed by atoms with E-state index >= 15 is 0 Å². The summed E-state index contributed by atoms with van der Waals surface area (Å²) in [4.78, 5) is 2.60. The van der Waals surface area contributed by atoms with Crippen molar-refractivity contribution in [1.29, 1.82) is 0 Å². The molecule has 1 saturated heterocycles. The molecular weight excluding hydrogens is 242 g/mol. The largest absolute Gasteiger partial charge is 0.371 e. The molecule has 2 rings (SSSR count). The average Bonchev–Trinajstić information content (AvgIpc) is 2.77. The van der Waals surface area contributed by atoms with E-state index in [1.807, 2.05) is 0 Å². The molecule has 0 unspecified atom stereocenters. The maximum Gasteiger partial charge on any atom is 0.0409 e. The van der Waals surface area contributed by atoms with Gasteiger partial charge >= 0.3 is 0 Å². The van der Waals surface area contributed by atoms with Crippen LogP contribution in [0.2, 0.25) is 0 Å². The maximum absolute atomic E-state index is 2.60. The minimum absolute atomic E-state index is 0.207. The van der Waals surface area contributed by atoms with Crippen molar-refractivity contribution in [3.63, 3.8) is 0 Å². The third-order valence-electron chi connectivity index (χ3n) is 4.38. The summed E-state index contributed by atoms with van der Waals surface area (Å²) in [7, 11) is 0. The Balaban J connectivity index is 2.62. The molecule has 112 valence electrons. The summed E-state index contributed by atoms with van der Waals surface area (Å²) in [5, 5.41) is 0. The number of benzene rings is 1. The van der Waals surface area contributed by atoms with Crippen LogP contribution in [0, 0.1) is 6.92 Å². The Hall–Kier alpha value is -0.980. The Kier molecular flexibility index (Phi) is 3.92. The smallest absolute Gasteiger partial charge is 0.0409 e. The molecule has 0 radical (unpaired) electrons. The van der Waals surface area contributed by atoms with E-state index < -0.39 is 0 Å². The zero-order valence-corrected chi connectivity index (χ0v) is 14.4. The van der Waals surface area contributed by atoms with Crippen molar-refractivity contribution in [3.05, 3.63) is 28.8 Å². The summed E-state index contributed by atoms with van der Waals surface area (Å²) in [6, 6.07) is 4.86. The van der Waals surface area contributed by atoms with E-state index in [4.69, 9.17) is 0 Å². The van der Waals surface area contributed by atoms with E-state index in [1.54, 1.807) is 0 Å². The second-order valence-corrected chi connectivity index (χ2v) is 8.38.